The zero-order valence-electron chi connectivity index (χ0n) is 15.1. The Morgan fingerprint density at radius 2 is 1.57 bits per heavy atom. The first-order valence-corrected chi connectivity index (χ1v) is 9.58. The van der Waals surface area contributed by atoms with Crippen LogP contribution in [0.3, 0.4) is 0 Å². The first-order chi connectivity index (χ1) is 13.5. The van der Waals surface area contributed by atoms with Crippen LogP contribution >= 0.6 is 22.6 Å². The summed E-state index contributed by atoms with van der Waals surface area (Å²) in [6.07, 6.45) is 1.53. The molecule has 3 aromatic carbocycles. The van der Waals surface area contributed by atoms with Crippen LogP contribution in [-0.4, -0.2) is 18.1 Å². The molecule has 6 heteroatoms. The van der Waals surface area contributed by atoms with Gasteiger partial charge in [0.05, 0.1) is 17.3 Å². The predicted octanol–water partition coefficient (Wildman–Crippen LogP) is 4.58. The van der Waals surface area contributed by atoms with Gasteiger partial charge < -0.3 is 4.74 Å². The van der Waals surface area contributed by atoms with Gasteiger partial charge in [0.15, 0.2) is 0 Å². The molecule has 1 amide bonds. The van der Waals surface area contributed by atoms with E-state index in [2.05, 4.69) is 33.1 Å². The molecule has 0 saturated heterocycles. The van der Waals surface area contributed by atoms with Crippen LogP contribution in [0.2, 0.25) is 0 Å². The van der Waals surface area contributed by atoms with Gasteiger partial charge in [-0.1, -0.05) is 30.3 Å². The topological polar surface area (TPSA) is 67.8 Å². The highest BCUT2D eigenvalue weighted by atomic mass is 127. The normalized spacial score (nSPS) is 10.6. The van der Waals surface area contributed by atoms with E-state index in [1.807, 2.05) is 31.2 Å². The van der Waals surface area contributed by atoms with E-state index in [9.17, 15) is 9.59 Å². The summed E-state index contributed by atoms with van der Waals surface area (Å²) in [5, 5.41) is 3.97. The van der Waals surface area contributed by atoms with Crippen LogP contribution in [-0.2, 0) is 0 Å². The van der Waals surface area contributed by atoms with Crippen LogP contribution in [0, 0.1) is 10.5 Å². The van der Waals surface area contributed by atoms with Crippen molar-refractivity contribution in [3.63, 3.8) is 0 Å². The van der Waals surface area contributed by atoms with Gasteiger partial charge in [-0.2, -0.15) is 5.10 Å². The average molecular weight is 484 g/mol. The van der Waals surface area contributed by atoms with Crippen molar-refractivity contribution < 1.29 is 14.3 Å². The molecule has 0 aliphatic heterocycles. The standard InChI is InChI=1S/C22H17IN2O3/c1-15-6-2-3-7-18(15)22(27)28-17-12-10-16(11-13-17)14-24-25-21(26)19-8-4-5-9-20(19)23/h2-14H,1H3,(H,25,26). The number of amides is 1. The van der Waals surface area contributed by atoms with E-state index in [4.69, 9.17) is 4.74 Å². The Kier molecular flexibility index (Phi) is 6.54. The lowest BCUT2D eigenvalue weighted by atomic mass is 10.1. The number of rotatable bonds is 5. The van der Waals surface area contributed by atoms with Gasteiger partial charge >= 0.3 is 5.97 Å². The molecule has 0 aromatic heterocycles. The number of ether oxygens (including phenoxy) is 1. The number of aryl methyl sites for hydroxylation is 1. The molecule has 3 rings (SSSR count). The summed E-state index contributed by atoms with van der Waals surface area (Å²) in [7, 11) is 0. The summed E-state index contributed by atoms with van der Waals surface area (Å²) in [4.78, 5) is 24.3. The van der Waals surface area contributed by atoms with E-state index < -0.39 is 5.97 Å². The molecule has 0 bridgehead atoms. The SMILES string of the molecule is Cc1ccccc1C(=O)Oc1ccc(C=NNC(=O)c2ccccc2I)cc1. The van der Waals surface area contributed by atoms with Crippen molar-refractivity contribution in [1.29, 1.82) is 0 Å². The monoisotopic (exact) mass is 484 g/mol. The van der Waals surface area contributed by atoms with Crippen molar-refractivity contribution in [2.75, 3.05) is 0 Å². The van der Waals surface area contributed by atoms with Crippen LogP contribution in [0.25, 0.3) is 0 Å². The maximum atomic E-state index is 12.2. The van der Waals surface area contributed by atoms with Crippen molar-refractivity contribution in [1.82, 2.24) is 5.43 Å². The number of nitrogens with zero attached hydrogens (tertiary/aromatic N) is 1. The van der Waals surface area contributed by atoms with Crippen molar-refractivity contribution in [2.45, 2.75) is 6.92 Å². The third kappa shape index (κ3) is 5.04. The molecule has 0 fully saturated rings. The zero-order valence-corrected chi connectivity index (χ0v) is 17.2. The predicted molar refractivity (Wildman–Crippen MR) is 117 cm³/mol. The largest absolute Gasteiger partial charge is 0.423 e. The van der Waals surface area contributed by atoms with Gasteiger partial charge in [0.2, 0.25) is 0 Å². The van der Waals surface area contributed by atoms with Gasteiger partial charge in [0, 0.05) is 3.57 Å². The molecular formula is C22H17IN2O3. The van der Waals surface area contributed by atoms with Crippen molar-refractivity contribution >= 4 is 40.7 Å². The molecule has 0 aliphatic rings. The molecule has 5 nitrogen and oxygen atoms in total. The number of carbonyl (C=O) groups is 2. The van der Waals surface area contributed by atoms with Crippen molar-refractivity contribution in [2.24, 2.45) is 5.10 Å². The zero-order chi connectivity index (χ0) is 19.9. The highest BCUT2D eigenvalue weighted by Gasteiger charge is 2.11. The van der Waals surface area contributed by atoms with Gasteiger partial charge in [0.1, 0.15) is 5.75 Å². The highest BCUT2D eigenvalue weighted by molar-refractivity contribution is 14.1. The van der Waals surface area contributed by atoms with Gasteiger partial charge in [-0.25, -0.2) is 10.2 Å². The van der Waals surface area contributed by atoms with Crippen LogP contribution < -0.4 is 10.2 Å². The summed E-state index contributed by atoms with van der Waals surface area (Å²) in [6.45, 7) is 1.86. The first kappa shape index (κ1) is 19.8. The van der Waals surface area contributed by atoms with Crippen molar-refractivity contribution in [3.05, 3.63) is 98.6 Å². The lowest BCUT2D eigenvalue weighted by molar-refractivity contribution is 0.0733. The van der Waals surface area contributed by atoms with Gasteiger partial charge in [-0.15, -0.1) is 0 Å². The first-order valence-electron chi connectivity index (χ1n) is 8.50. The van der Waals surface area contributed by atoms with E-state index >= 15 is 0 Å². The molecule has 3 aromatic rings. The molecule has 1 N–H and O–H groups in total. The van der Waals surface area contributed by atoms with Gasteiger partial charge in [-0.3, -0.25) is 4.79 Å². The summed E-state index contributed by atoms with van der Waals surface area (Å²) in [5.41, 5.74) is 5.23. The molecule has 0 aliphatic carbocycles. The van der Waals surface area contributed by atoms with Gasteiger partial charge in [0.25, 0.3) is 5.91 Å². The fraction of sp³-hybridized carbons (Fsp3) is 0.0455. The fourth-order valence-corrected chi connectivity index (χ4v) is 3.09. The molecule has 0 saturated carbocycles. The van der Waals surface area contributed by atoms with Crippen LogP contribution in [0.4, 0.5) is 0 Å². The van der Waals surface area contributed by atoms with Crippen LogP contribution in [0.5, 0.6) is 5.75 Å². The quantitative estimate of drug-likeness (QED) is 0.190. The third-order valence-corrected chi connectivity index (χ3v) is 4.89. The summed E-state index contributed by atoms with van der Waals surface area (Å²) in [5.74, 6) is -0.234. The second-order valence-corrected chi connectivity index (χ2v) is 7.11. The average Bonchev–Trinajstić information content (AvgIpc) is 2.70. The third-order valence-electron chi connectivity index (χ3n) is 3.95. The Morgan fingerprint density at radius 3 is 2.25 bits per heavy atom. The number of nitrogens with one attached hydrogen (secondary N) is 1. The minimum atomic E-state index is -0.399. The number of hydrogen-bond donors (Lipinski definition) is 1. The van der Waals surface area contributed by atoms with Gasteiger partial charge in [-0.05, 0) is 83.1 Å². The summed E-state index contributed by atoms with van der Waals surface area (Å²) in [6, 6.07) is 21.4. The number of hydrazone groups is 1. The van der Waals surface area contributed by atoms with E-state index in [0.29, 0.717) is 16.9 Å². The minimum Gasteiger partial charge on any atom is -0.423 e. The Bertz CT molecular complexity index is 1030. The maximum Gasteiger partial charge on any atom is 0.343 e. The smallest absolute Gasteiger partial charge is 0.343 e. The molecule has 28 heavy (non-hydrogen) atoms. The summed E-state index contributed by atoms with van der Waals surface area (Å²) < 4.78 is 6.25. The number of carbonyl (C=O) groups excluding carboxylic acids is 2. The van der Waals surface area contributed by atoms with Crippen molar-refractivity contribution in [3.8, 4) is 5.75 Å². The number of benzene rings is 3. The Hall–Kier alpha value is -3.00. The van der Waals surface area contributed by atoms with E-state index in [1.165, 1.54) is 6.21 Å². The maximum absolute atomic E-state index is 12.2. The minimum absolute atomic E-state index is 0.273. The molecule has 0 atom stereocenters. The van der Waals surface area contributed by atoms with Crippen LogP contribution in [0.1, 0.15) is 31.8 Å². The molecule has 0 heterocycles. The Labute approximate surface area is 176 Å². The molecule has 140 valence electrons. The number of esters is 1. The molecule has 0 spiro atoms. The lowest BCUT2D eigenvalue weighted by Crippen LogP contribution is -2.18. The second kappa shape index (κ2) is 9.27. The molecule has 0 radical (unpaired) electrons. The van der Waals surface area contributed by atoms with E-state index in [0.717, 1.165) is 14.7 Å². The summed E-state index contributed by atoms with van der Waals surface area (Å²) >= 11 is 2.10. The highest BCUT2D eigenvalue weighted by Crippen LogP contribution is 2.15. The number of halogens is 1. The fourth-order valence-electron chi connectivity index (χ4n) is 2.46. The Morgan fingerprint density at radius 1 is 0.929 bits per heavy atom. The number of hydrogen-bond acceptors (Lipinski definition) is 4. The van der Waals surface area contributed by atoms with E-state index in [1.54, 1.807) is 48.5 Å². The van der Waals surface area contributed by atoms with Crippen LogP contribution in [0.15, 0.2) is 77.9 Å². The lowest BCUT2D eigenvalue weighted by Gasteiger charge is -2.06. The molecular weight excluding hydrogens is 467 g/mol. The van der Waals surface area contributed by atoms with E-state index in [-0.39, 0.29) is 5.91 Å². The Balaban J connectivity index is 1.59. The molecule has 0 unspecified atom stereocenters. The second-order valence-electron chi connectivity index (χ2n) is 5.95.